The van der Waals surface area contributed by atoms with E-state index in [4.69, 9.17) is 4.74 Å². The number of fused-ring (bicyclic) bond motifs is 1. The van der Waals surface area contributed by atoms with Gasteiger partial charge in [-0.2, -0.15) is 0 Å². The second-order valence-corrected chi connectivity index (χ2v) is 9.19. The summed E-state index contributed by atoms with van der Waals surface area (Å²) < 4.78 is 6.08. The second-order valence-electron chi connectivity index (χ2n) is 7.88. The molecule has 158 valence electrons. The van der Waals surface area contributed by atoms with Crippen molar-refractivity contribution in [3.8, 4) is 0 Å². The Morgan fingerprint density at radius 1 is 1.31 bits per heavy atom. The zero-order valence-corrected chi connectivity index (χ0v) is 18.3. The molecule has 0 bridgehead atoms. The van der Waals surface area contributed by atoms with Crippen molar-refractivity contribution in [3.05, 3.63) is 34.1 Å². The maximum atomic E-state index is 13.0. The van der Waals surface area contributed by atoms with Gasteiger partial charge in [0.05, 0.1) is 41.5 Å². The minimum absolute atomic E-state index is 0.0382. The average molecular weight is 422 g/mol. The number of benzene rings is 1. The van der Waals surface area contributed by atoms with Gasteiger partial charge < -0.3 is 15.2 Å². The summed E-state index contributed by atoms with van der Waals surface area (Å²) in [6.07, 6.45) is -0.778. The molecule has 1 aromatic heterocycles. The predicted molar refractivity (Wildman–Crippen MR) is 112 cm³/mol. The van der Waals surface area contributed by atoms with Crippen LogP contribution in [-0.2, 0) is 16.1 Å². The molecule has 0 aliphatic carbocycles. The summed E-state index contributed by atoms with van der Waals surface area (Å²) >= 11 is 1.12. The van der Waals surface area contributed by atoms with Crippen molar-refractivity contribution >= 4 is 34.5 Å². The molecule has 0 saturated heterocycles. The number of rotatable bonds is 6. The van der Waals surface area contributed by atoms with Crippen LogP contribution in [0.4, 0.5) is 0 Å². The molecule has 9 heteroatoms. The standard InChI is InChI=1S/C20H27N3O5S/c1-11(24)10-23-17(26)14-8-7-13(18(27)28-6)9-15(14)21-19(23)29-12(2)16(25)22-20(3,4)5/h7-9,11-12,24H,10H2,1-6H3,(H,22,25)/t11-,12-/m0/s1. The van der Waals surface area contributed by atoms with Crippen molar-refractivity contribution in [3.63, 3.8) is 0 Å². The number of hydrogen-bond acceptors (Lipinski definition) is 7. The molecular weight excluding hydrogens is 394 g/mol. The summed E-state index contributed by atoms with van der Waals surface area (Å²) in [4.78, 5) is 41.8. The molecule has 0 fully saturated rings. The smallest absolute Gasteiger partial charge is 0.337 e. The largest absolute Gasteiger partial charge is 0.465 e. The van der Waals surface area contributed by atoms with E-state index in [1.165, 1.54) is 29.9 Å². The minimum atomic E-state index is -0.778. The first-order chi connectivity index (χ1) is 13.4. The van der Waals surface area contributed by atoms with Gasteiger partial charge in [0.15, 0.2) is 5.16 Å². The highest BCUT2D eigenvalue weighted by molar-refractivity contribution is 8.00. The van der Waals surface area contributed by atoms with E-state index < -0.39 is 22.9 Å². The lowest BCUT2D eigenvalue weighted by molar-refractivity contribution is -0.121. The van der Waals surface area contributed by atoms with Crippen molar-refractivity contribution in [1.82, 2.24) is 14.9 Å². The molecule has 2 N–H and O–H groups in total. The molecule has 2 aromatic rings. The highest BCUT2D eigenvalue weighted by atomic mass is 32.2. The number of nitrogens with zero attached hydrogens (tertiary/aromatic N) is 2. The van der Waals surface area contributed by atoms with E-state index in [9.17, 15) is 19.5 Å². The normalized spacial score (nSPS) is 13.8. The van der Waals surface area contributed by atoms with E-state index in [-0.39, 0.29) is 23.6 Å². The van der Waals surface area contributed by atoms with E-state index >= 15 is 0 Å². The van der Waals surface area contributed by atoms with Crippen LogP contribution < -0.4 is 10.9 Å². The Labute approximate surface area is 173 Å². The van der Waals surface area contributed by atoms with E-state index in [2.05, 4.69) is 10.3 Å². The molecule has 0 radical (unpaired) electrons. The molecule has 0 spiro atoms. The maximum absolute atomic E-state index is 13.0. The lowest BCUT2D eigenvalue weighted by Crippen LogP contribution is -2.44. The number of aliphatic hydroxyl groups is 1. The first-order valence-electron chi connectivity index (χ1n) is 9.22. The lowest BCUT2D eigenvalue weighted by Gasteiger charge is -2.23. The second kappa shape index (κ2) is 8.96. The number of aromatic nitrogens is 2. The summed E-state index contributed by atoms with van der Waals surface area (Å²) in [5, 5.41) is 12.8. The Kier molecular flexibility index (Phi) is 7.07. The van der Waals surface area contributed by atoms with Gasteiger partial charge in [0.25, 0.3) is 5.56 Å². The van der Waals surface area contributed by atoms with Crippen LogP contribution in [0.2, 0.25) is 0 Å². The molecule has 2 atom stereocenters. The summed E-state index contributed by atoms with van der Waals surface area (Å²) in [5.41, 5.74) is -0.143. The van der Waals surface area contributed by atoms with Crippen molar-refractivity contribution in [2.75, 3.05) is 7.11 Å². The highest BCUT2D eigenvalue weighted by Crippen LogP contribution is 2.24. The molecule has 29 heavy (non-hydrogen) atoms. The third kappa shape index (κ3) is 5.80. The molecule has 1 amide bonds. The van der Waals surface area contributed by atoms with E-state index in [0.717, 1.165) is 11.8 Å². The maximum Gasteiger partial charge on any atom is 0.337 e. The van der Waals surface area contributed by atoms with Crippen LogP contribution in [0.1, 0.15) is 45.0 Å². The number of carbonyl (C=O) groups excluding carboxylic acids is 2. The van der Waals surface area contributed by atoms with Crippen LogP contribution >= 0.6 is 11.8 Å². The lowest BCUT2D eigenvalue weighted by atomic mass is 10.1. The van der Waals surface area contributed by atoms with Crippen molar-refractivity contribution in [1.29, 1.82) is 0 Å². The fourth-order valence-electron chi connectivity index (χ4n) is 2.64. The van der Waals surface area contributed by atoms with Crippen molar-refractivity contribution in [2.45, 2.75) is 63.2 Å². The third-order valence-electron chi connectivity index (χ3n) is 3.94. The minimum Gasteiger partial charge on any atom is -0.465 e. The Bertz CT molecular complexity index is 978. The molecule has 0 saturated carbocycles. The van der Waals surface area contributed by atoms with Gasteiger partial charge in [-0.3, -0.25) is 14.2 Å². The van der Waals surface area contributed by atoms with Gasteiger partial charge in [-0.05, 0) is 52.8 Å². The molecule has 0 aliphatic rings. The van der Waals surface area contributed by atoms with Gasteiger partial charge in [0.1, 0.15) is 0 Å². The molecule has 0 unspecified atom stereocenters. The SMILES string of the molecule is COC(=O)c1ccc2c(=O)n(C[C@H](C)O)c(S[C@@H](C)C(=O)NC(C)(C)C)nc2c1. The highest BCUT2D eigenvalue weighted by Gasteiger charge is 2.23. The number of ether oxygens (including phenoxy) is 1. The number of aliphatic hydroxyl groups excluding tert-OH is 1. The van der Waals surface area contributed by atoms with Crippen molar-refractivity contribution in [2.24, 2.45) is 0 Å². The summed E-state index contributed by atoms with van der Waals surface area (Å²) in [6.45, 7) is 8.98. The number of nitrogens with one attached hydrogen (secondary N) is 1. The summed E-state index contributed by atoms with van der Waals surface area (Å²) in [6, 6.07) is 4.50. The molecule has 2 rings (SSSR count). The molecule has 0 aliphatic heterocycles. The van der Waals surface area contributed by atoms with Gasteiger partial charge in [-0.25, -0.2) is 9.78 Å². The van der Waals surface area contributed by atoms with Crippen LogP contribution in [0.3, 0.4) is 0 Å². The average Bonchev–Trinajstić information content (AvgIpc) is 2.62. The fraction of sp³-hybridized carbons (Fsp3) is 0.500. The first kappa shape index (κ1) is 22.9. The van der Waals surface area contributed by atoms with Crippen LogP contribution in [0, 0.1) is 0 Å². The van der Waals surface area contributed by atoms with Gasteiger partial charge in [-0.15, -0.1) is 0 Å². The Morgan fingerprint density at radius 2 is 1.97 bits per heavy atom. The van der Waals surface area contributed by atoms with Gasteiger partial charge in [-0.1, -0.05) is 11.8 Å². The van der Waals surface area contributed by atoms with E-state index in [0.29, 0.717) is 16.1 Å². The van der Waals surface area contributed by atoms with Crippen LogP contribution in [-0.4, -0.2) is 50.5 Å². The Balaban J connectivity index is 2.53. The third-order valence-corrected chi connectivity index (χ3v) is 5.03. The molecule has 1 aromatic carbocycles. The number of methoxy groups -OCH3 is 1. The van der Waals surface area contributed by atoms with Crippen LogP contribution in [0.25, 0.3) is 10.9 Å². The van der Waals surface area contributed by atoms with Crippen LogP contribution in [0.15, 0.2) is 28.2 Å². The number of amides is 1. The Morgan fingerprint density at radius 3 is 2.52 bits per heavy atom. The predicted octanol–water partition coefficient (Wildman–Crippen LogP) is 1.96. The number of hydrogen-bond donors (Lipinski definition) is 2. The Hall–Kier alpha value is -2.39. The summed E-state index contributed by atoms with van der Waals surface area (Å²) in [5.74, 6) is -0.724. The fourth-order valence-corrected chi connectivity index (χ4v) is 3.56. The number of thioether (sulfide) groups is 1. The molecule has 8 nitrogen and oxygen atoms in total. The number of esters is 1. The zero-order chi connectivity index (χ0) is 21.9. The molecule has 1 heterocycles. The van der Waals surface area contributed by atoms with E-state index in [1.807, 2.05) is 20.8 Å². The summed E-state index contributed by atoms with van der Waals surface area (Å²) in [7, 11) is 1.28. The van der Waals surface area contributed by atoms with Gasteiger partial charge >= 0.3 is 5.97 Å². The quantitative estimate of drug-likeness (QED) is 0.417. The van der Waals surface area contributed by atoms with Gasteiger partial charge in [0, 0.05) is 5.54 Å². The molecular formula is C20H27N3O5S. The topological polar surface area (TPSA) is 111 Å². The van der Waals surface area contributed by atoms with Gasteiger partial charge in [0.2, 0.25) is 5.91 Å². The first-order valence-corrected chi connectivity index (χ1v) is 10.1. The number of carbonyl (C=O) groups is 2. The van der Waals surface area contributed by atoms with Crippen molar-refractivity contribution < 1.29 is 19.4 Å². The van der Waals surface area contributed by atoms with E-state index in [1.54, 1.807) is 13.8 Å². The zero-order valence-electron chi connectivity index (χ0n) is 17.5. The van der Waals surface area contributed by atoms with Crippen LogP contribution in [0.5, 0.6) is 0 Å². The monoisotopic (exact) mass is 421 g/mol.